The topological polar surface area (TPSA) is 74.8 Å². The van der Waals surface area contributed by atoms with Gasteiger partial charge in [-0.2, -0.15) is 0 Å². The molecule has 0 aromatic heterocycles. The first kappa shape index (κ1) is 8.36. The number of hydrogen-bond acceptors (Lipinski definition) is 2. The summed E-state index contributed by atoms with van der Waals surface area (Å²) in [5.74, 6) is -0.391. The van der Waals surface area contributed by atoms with E-state index in [-0.39, 0.29) is 6.54 Å². The van der Waals surface area contributed by atoms with Crippen molar-refractivity contribution in [2.45, 2.75) is 6.54 Å². The fraction of sp³-hybridized carbons (Fsp3) is 0.143. The minimum Gasteiger partial charge on any atom is -0.398 e. The molecule has 0 aliphatic carbocycles. The summed E-state index contributed by atoms with van der Waals surface area (Å²) in [6.45, 7) is 0.155. The Kier molecular flexibility index (Phi) is 2.50. The minimum atomic E-state index is -0.391. The maximum absolute atomic E-state index is 12.5. The van der Waals surface area contributed by atoms with Gasteiger partial charge in [0.1, 0.15) is 5.82 Å². The van der Waals surface area contributed by atoms with Crippen molar-refractivity contribution in [3.63, 3.8) is 0 Å². The van der Waals surface area contributed by atoms with Gasteiger partial charge in [-0.1, -0.05) is 11.2 Å². The second-order valence-corrected chi connectivity index (χ2v) is 2.23. The molecule has 0 atom stereocenters. The van der Waals surface area contributed by atoms with Crippen molar-refractivity contribution >= 4 is 5.69 Å². The summed E-state index contributed by atoms with van der Waals surface area (Å²) in [7, 11) is 0. The zero-order valence-electron chi connectivity index (χ0n) is 6.24. The zero-order valence-corrected chi connectivity index (χ0v) is 6.24. The summed E-state index contributed by atoms with van der Waals surface area (Å²) in [5.41, 5.74) is 14.4. The van der Waals surface area contributed by atoms with Gasteiger partial charge in [-0.3, -0.25) is 0 Å². The molecule has 0 spiro atoms. The van der Waals surface area contributed by atoms with Crippen LogP contribution in [0, 0.1) is 5.82 Å². The van der Waals surface area contributed by atoms with Gasteiger partial charge in [0.2, 0.25) is 0 Å². The normalized spacial score (nSPS) is 9.08. The van der Waals surface area contributed by atoms with Gasteiger partial charge >= 0.3 is 0 Å². The number of hydrogen-bond donors (Lipinski definition) is 1. The highest BCUT2D eigenvalue weighted by Crippen LogP contribution is 2.13. The molecule has 12 heavy (non-hydrogen) atoms. The quantitative estimate of drug-likeness (QED) is 0.311. The molecule has 0 fully saturated rings. The highest BCUT2D eigenvalue weighted by Gasteiger charge is 1.98. The number of rotatable bonds is 2. The van der Waals surface area contributed by atoms with Crippen molar-refractivity contribution in [1.82, 2.24) is 0 Å². The number of anilines is 1. The van der Waals surface area contributed by atoms with Gasteiger partial charge < -0.3 is 5.73 Å². The number of nitrogens with two attached hydrogens (primary N) is 1. The molecule has 1 aromatic carbocycles. The lowest BCUT2D eigenvalue weighted by Gasteiger charge is -2.00. The monoisotopic (exact) mass is 166 g/mol. The Balaban J connectivity index is 2.93. The highest BCUT2D eigenvalue weighted by molar-refractivity contribution is 5.46. The van der Waals surface area contributed by atoms with E-state index in [0.29, 0.717) is 11.3 Å². The van der Waals surface area contributed by atoms with E-state index in [9.17, 15) is 4.39 Å². The van der Waals surface area contributed by atoms with Crippen LogP contribution in [0.2, 0.25) is 0 Å². The van der Waals surface area contributed by atoms with Crippen LogP contribution in [-0.4, -0.2) is 0 Å². The first-order valence-electron chi connectivity index (χ1n) is 3.29. The van der Waals surface area contributed by atoms with Crippen molar-refractivity contribution < 1.29 is 4.39 Å². The number of nitrogen functional groups attached to an aromatic ring is 1. The molecule has 0 radical (unpaired) electrons. The maximum atomic E-state index is 12.5. The van der Waals surface area contributed by atoms with E-state index >= 15 is 0 Å². The van der Waals surface area contributed by atoms with Gasteiger partial charge in [0.05, 0.1) is 6.54 Å². The van der Waals surface area contributed by atoms with Crippen LogP contribution in [0.3, 0.4) is 0 Å². The third-order valence-corrected chi connectivity index (χ3v) is 1.41. The largest absolute Gasteiger partial charge is 0.398 e. The van der Waals surface area contributed by atoms with Crippen molar-refractivity contribution in [3.05, 3.63) is 40.0 Å². The Morgan fingerprint density at radius 3 is 2.92 bits per heavy atom. The summed E-state index contributed by atoms with van der Waals surface area (Å²) in [6, 6.07) is 3.97. The van der Waals surface area contributed by atoms with E-state index < -0.39 is 5.82 Å². The minimum absolute atomic E-state index is 0.155. The maximum Gasteiger partial charge on any atom is 0.125 e. The van der Waals surface area contributed by atoms with Gasteiger partial charge in [0, 0.05) is 10.6 Å². The van der Waals surface area contributed by atoms with Crippen LogP contribution in [0.15, 0.2) is 23.3 Å². The van der Waals surface area contributed by atoms with Gasteiger partial charge in [-0.05, 0) is 23.2 Å². The molecule has 5 heteroatoms. The Bertz CT molecular complexity index is 330. The zero-order chi connectivity index (χ0) is 8.97. The molecule has 1 aromatic rings. The molecule has 0 amide bonds. The van der Waals surface area contributed by atoms with Crippen molar-refractivity contribution in [3.8, 4) is 0 Å². The molecule has 62 valence electrons. The Morgan fingerprint density at radius 2 is 2.33 bits per heavy atom. The predicted octanol–water partition coefficient (Wildman–Crippen LogP) is 2.22. The lowest BCUT2D eigenvalue weighted by molar-refractivity contribution is 0.628. The van der Waals surface area contributed by atoms with E-state index in [0.717, 1.165) is 0 Å². The smallest absolute Gasteiger partial charge is 0.125 e. The molecule has 2 N–H and O–H groups in total. The molecule has 0 aliphatic heterocycles. The van der Waals surface area contributed by atoms with Crippen molar-refractivity contribution in [2.24, 2.45) is 5.11 Å². The fourth-order valence-corrected chi connectivity index (χ4v) is 0.818. The highest BCUT2D eigenvalue weighted by atomic mass is 19.1. The predicted molar refractivity (Wildman–Crippen MR) is 43.7 cm³/mol. The molecule has 0 saturated carbocycles. The van der Waals surface area contributed by atoms with E-state index in [2.05, 4.69) is 10.0 Å². The van der Waals surface area contributed by atoms with Gasteiger partial charge in [-0.15, -0.1) is 0 Å². The third kappa shape index (κ3) is 1.87. The van der Waals surface area contributed by atoms with Crippen LogP contribution >= 0.6 is 0 Å². The summed E-state index contributed by atoms with van der Waals surface area (Å²) in [6.07, 6.45) is 0. The molecule has 0 saturated heterocycles. The van der Waals surface area contributed by atoms with Crippen LogP contribution < -0.4 is 5.73 Å². The number of benzene rings is 1. The van der Waals surface area contributed by atoms with Crippen LogP contribution in [0.5, 0.6) is 0 Å². The van der Waals surface area contributed by atoms with E-state index in [1.807, 2.05) is 0 Å². The van der Waals surface area contributed by atoms with Crippen LogP contribution in [0.1, 0.15) is 5.56 Å². The lowest BCUT2D eigenvalue weighted by atomic mass is 10.2. The molecular weight excluding hydrogens is 159 g/mol. The number of azide groups is 1. The summed E-state index contributed by atoms with van der Waals surface area (Å²) in [5, 5.41) is 3.31. The molecule has 0 bridgehead atoms. The molecule has 0 heterocycles. The van der Waals surface area contributed by atoms with Gasteiger partial charge in [0.25, 0.3) is 0 Å². The molecule has 0 aliphatic rings. The standard InChI is InChI=1S/C7H7FN4/c8-6-2-1-5(4-11-12-10)7(9)3-6/h1-3H,4,9H2. The molecule has 4 nitrogen and oxygen atoms in total. The lowest BCUT2D eigenvalue weighted by Crippen LogP contribution is -1.93. The molecule has 0 unspecified atom stereocenters. The Hall–Kier alpha value is -1.74. The van der Waals surface area contributed by atoms with E-state index in [4.69, 9.17) is 11.3 Å². The van der Waals surface area contributed by atoms with Crippen LogP contribution in [0.25, 0.3) is 10.4 Å². The number of halogens is 1. The molecular formula is C7H7FN4. The summed E-state index contributed by atoms with van der Waals surface area (Å²) in [4.78, 5) is 2.57. The third-order valence-electron chi connectivity index (χ3n) is 1.41. The summed E-state index contributed by atoms with van der Waals surface area (Å²) >= 11 is 0. The van der Waals surface area contributed by atoms with Crippen molar-refractivity contribution in [2.75, 3.05) is 5.73 Å². The Labute approximate surface area is 68.4 Å². The average Bonchev–Trinajstić information content (AvgIpc) is 2.03. The van der Waals surface area contributed by atoms with E-state index in [1.54, 1.807) is 0 Å². The first-order chi connectivity index (χ1) is 5.74. The van der Waals surface area contributed by atoms with Gasteiger partial charge in [0.15, 0.2) is 0 Å². The van der Waals surface area contributed by atoms with Crippen molar-refractivity contribution in [1.29, 1.82) is 0 Å². The molecule has 1 rings (SSSR count). The van der Waals surface area contributed by atoms with E-state index in [1.165, 1.54) is 18.2 Å². The first-order valence-corrected chi connectivity index (χ1v) is 3.29. The summed E-state index contributed by atoms with van der Waals surface area (Å²) < 4.78 is 12.5. The van der Waals surface area contributed by atoms with Crippen LogP contribution in [-0.2, 0) is 6.54 Å². The van der Waals surface area contributed by atoms with Crippen LogP contribution in [0.4, 0.5) is 10.1 Å². The second-order valence-electron chi connectivity index (χ2n) is 2.23. The fourth-order valence-electron chi connectivity index (χ4n) is 0.818. The second kappa shape index (κ2) is 3.59. The number of nitrogens with zero attached hydrogens (tertiary/aromatic N) is 3. The average molecular weight is 166 g/mol. The SMILES string of the molecule is [N-]=[N+]=NCc1ccc(F)cc1N. The Morgan fingerprint density at radius 1 is 1.58 bits per heavy atom. The van der Waals surface area contributed by atoms with Gasteiger partial charge in [-0.25, -0.2) is 4.39 Å².